The van der Waals surface area contributed by atoms with E-state index in [1.807, 2.05) is 25.1 Å². The van der Waals surface area contributed by atoms with Crippen LogP contribution in [0, 0.1) is 11.3 Å². The molecule has 0 amide bonds. The summed E-state index contributed by atoms with van der Waals surface area (Å²) in [6.07, 6.45) is -4.05. The molecule has 1 aliphatic heterocycles. The van der Waals surface area contributed by atoms with Crippen molar-refractivity contribution in [1.29, 1.82) is 5.26 Å². The highest BCUT2D eigenvalue weighted by atomic mass is 19.4. The highest BCUT2D eigenvalue weighted by molar-refractivity contribution is 5.93. The predicted molar refractivity (Wildman–Crippen MR) is 133 cm³/mol. The van der Waals surface area contributed by atoms with Gasteiger partial charge in [0.25, 0.3) is 0 Å². The van der Waals surface area contributed by atoms with Crippen LogP contribution in [0.1, 0.15) is 36.1 Å². The van der Waals surface area contributed by atoms with Crippen molar-refractivity contribution in [2.24, 2.45) is 0 Å². The highest BCUT2D eigenvalue weighted by Gasteiger charge is 2.40. The smallest absolute Gasteiger partial charge is 0.416 e. The van der Waals surface area contributed by atoms with Crippen molar-refractivity contribution >= 4 is 17.6 Å². The maximum atomic E-state index is 13.5. The van der Waals surface area contributed by atoms with Crippen molar-refractivity contribution in [1.82, 2.24) is 19.7 Å². The van der Waals surface area contributed by atoms with E-state index < -0.39 is 29.4 Å². The molecular weight excluding hydrogens is 501 g/mol. The molecule has 12 heteroatoms. The number of alkyl halides is 3. The number of aromatic nitrogens is 3. The van der Waals surface area contributed by atoms with E-state index in [1.165, 1.54) is 21.6 Å². The van der Waals surface area contributed by atoms with Crippen molar-refractivity contribution < 1.29 is 22.7 Å². The van der Waals surface area contributed by atoms with Gasteiger partial charge in [0, 0.05) is 17.9 Å². The zero-order valence-corrected chi connectivity index (χ0v) is 20.9. The fraction of sp³-hybridized carbons (Fsp3) is 0.308. The van der Waals surface area contributed by atoms with Gasteiger partial charge < -0.3 is 9.64 Å². The fourth-order valence-corrected chi connectivity index (χ4v) is 4.35. The van der Waals surface area contributed by atoms with E-state index >= 15 is 0 Å². The average Bonchev–Trinajstić information content (AvgIpc) is 3.26. The van der Waals surface area contributed by atoms with E-state index in [0.29, 0.717) is 24.1 Å². The SMILES string of the molecule is CC1=C(C(=O)OCCCN(C)C)C(c2ccc(C#N)cc2)n2c(n[nH]c2=O)N1c1cccc(C(F)(F)F)c1. The van der Waals surface area contributed by atoms with Crippen molar-refractivity contribution in [3.8, 4) is 6.07 Å². The number of rotatable bonds is 7. The maximum Gasteiger partial charge on any atom is 0.416 e. The number of hydrogen-bond acceptors (Lipinski definition) is 7. The number of anilines is 2. The van der Waals surface area contributed by atoms with Crippen molar-refractivity contribution in [3.63, 3.8) is 0 Å². The number of esters is 1. The first-order chi connectivity index (χ1) is 18.0. The number of carbonyl (C=O) groups excluding carboxylic acids is 1. The number of nitrogens with one attached hydrogen (secondary N) is 1. The molecule has 0 bridgehead atoms. The molecule has 0 spiro atoms. The monoisotopic (exact) mass is 526 g/mol. The lowest BCUT2D eigenvalue weighted by Crippen LogP contribution is -2.38. The van der Waals surface area contributed by atoms with Gasteiger partial charge in [-0.25, -0.2) is 19.3 Å². The lowest BCUT2D eigenvalue weighted by molar-refractivity contribution is -0.140. The number of halogens is 3. The third-order valence-corrected chi connectivity index (χ3v) is 6.13. The molecule has 0 saturated carbocycles. The minimum atomic E-state index is -4.60. The molecule has 0 saturated heterocycles. The van der Waals surface area contributed by atoms with Crippen LogP contribution in [0.5, 0.6) is 0 Å². The summed E-state index contributed by atoms with van der Waals surface area (Å²) in [4.78, 5) is 29.8. The molecule has 2 aromatic carbocycles. The highest BCUT2D eigenvalue weighted by Crippen LogP contribution is 2.42. The molecule has 1 aliphatic rings. The molecule has 1 atom stereocenters. The number of aromatic amines is 1. The fourth-order valence-electron chi connectivity index (χ4n) is 4.35. The number of fused-ring (bicyclic) bond motifs is 1. The van der Waals surface area contributed by atoms with Crippen LogP contribution >= 0.6 is 0 Å². The number of nitrogens with zero attached hydrogens (tertiary/aromatic N) is 5. The van der Waals surface area contributed by atoms with E-state index in [4.69, 9.17) is 4.74 Å². The van der Waals surface area contributed by atoms with Gasteiger partial charge in [-0.15, -0.1) is 5.10 Å². The van der Waals surface area contributed by atoms with Crippen LogP contribution in [-0.2, 0) is 15.7 Å². The summed E-state index contributed by atoms with van der Waals surface area (Å²) in [5.41, 5.74) is -0.309. The number of ether oxygens (including phenoxy) is 1. The molecule has 4 rings (SSSR count). The van der Waals surface area contributed by atoms with E-state index in [-0.39, 0.29) is 29.5 Å². The maximum absolute atomic E-state index is 13.5. The lowest BCUT2D eigenvalue weighted by atomic mass is 9.93. The van der Waals surface area contributed by atoms with Crippen LogP contribution in [0.2, 0.25) is 0 Å². The van der Waals surface area contributed by atoms with Crippen LogP contribution in [0.4, 0.5) is 24.8 Å². The van der Waals surface area contributed by atoms with E-state index in [0.717, 1.165) is 12.1 Å². The van der Waals surface area contributed by atoms with E-state index in [1.54, 1.807) is 31.2 Å². The second kappa shape index (κ2) is 10.5. The van der Waals surface area contributed by atoms with Gasteiger partial charge in [0.15, 0.2) is 0 Å². The summed E-state index contributed by atoms with van der Waals surface area (Å²) in [6.45, 7) is 2.34. The third kappa shape index (κ3) is 5.19. The first-order valence-corrected chi connectivity index (χ1v) is 11.7. The van der Waals surface area contributed by atoms with Gasteiger partial charge in [-0.2, -0.15) is 18.4 Å². The summed E-state index contributed by atoms with van der Waals surface area (Å²) in [5, 5.41) is 15.6. The van der Waals surface area contributed by atoms with Crippen LogP contribution in [0.15, 0.2) is 64.6 Å². The lowest BCUT2D eigenvalue weighted by Gasteiger charge is -2.35. The number of carbonyl (C=O) groups is 1. The number of allylic oxidation sites excluding steroid dienone is 1. The Balaban J connectivity index is 1.88. The standard InChI is InChI=1S/C26H25F3N6O3/c1-16-21(23(36)38-13-5-12-33(2)3)22(18-10-8-17(15-30)9-11-18)35-24(31-32-25(35)37)34(16)20-7-4-6-19(14-20)26(27,28)29/h4,6-11,14,22H,5,12-13H2,1-3H3,(H,32,37). The number of hydrogen-bond donors (Lipinski definition) is 1. The minimum absolute atomic E-state index is 0.00495. The van der Waals surface area contributed by atoms with Crippen LogP contribution in [-0.4, -0.2) is 52.9 Å². The number of nitriles is 1. The largest absolute Gasteiger partial charge is 0.462 e. The van der Waals surface area contributed by atoms with Gasteiger partial charge in [-0.3, -0.25) is 4.90 Å². The zero-order chi connectivity index (χ0) is 27.6. The summed E-state index contributed by atoms with van der Waals surface area (Å²) in [6, 6.07) is 11.9. The minimum Gasteiger partial charge on any atom is -0.462 e. The summed E-state index contributed by atoms with van der Waals surface area (Å²) in [5.74, 6) is -0.711. The molecule has 198 valence electrons. The Morgan fingerprint density at radius 3 is 2.55 bits per heavy atom. The Labute approximate surface area is 216 Å². The van der Waals surface area contributed by atoms with Gasteiger partial charge in [0.1, 0.15) is 6.04 Å². The van der Waals surface area contributed by atoms with Crippen molar-refractivity contribution in [2.75, 3.05) is 32.1 Å². The van der Waals surface area contributed by atoms with Gasteiger partial charge in [-0.05, 0) is 63.3 Å². The molecule has 0 aliphatic carbocycles. The number of H-pyrrole nitrogens is 1. The van der Waals surface area contributed by atoms with E-state index in [2.05, 4.69) is 10.2 Å². The normalized spacial score (nSPS) is 15.4. The van der Waals surface area contributed by atoms with Crippen molar-refractivity contribution in [2.45, 2.75) is 25.6 Å². The topological polar surface area (TPSA) is 107 Å². The van der Waals surface area contributed by atoms with Crippen LogP contribution < -0.4 is 10.6 Å². The number of benzene rings is 2. The molecule has 0 radical (unpaired) electrons. The average molecular weight is 527 g/mol. The zero-order valence-electron chi connectivity index (χ0n) is 20.9. The Hall–Kier alpha value is -4.37. The summed E-state index contributed by atoms with van der Waals surface area (Å²) in [7, 11) is 3.77. The molecule has 0 fully saturated rings. The van der Waals surface area contributed by atoms with Gasteiger partial charge in [-0.1, -0.05) is 18.2 Å². The van der Waals surface area contributed by atoms with Crippen LogP contribution in [0.3, 0.4) is 0 Å². The molecule has 1 N–H and O–H groups in total. The van der Waals surface area contributed by atoms with Crippen LogP contribution in [0.25, 0.3) is 0 Å². The third-order valence-electron chi connectivity index (χ3n) is 6.13. The molecule has 38 heavy (non-hydrogen) atoms. The summed E-state index contributed by atoms with van der Waals surface area (Å²) < 4.78 is 47.3. The Morgan fingerprint density at radius 1 is 1.21 bits per heavy atom. The van der Waals surface area contributed by atoms with Gasteiger partial charge in [0.2, 0.25) is 5.95 Å². The molecule has 2 heterocycles. The van der Waals surface area contributed by atoms with Gasteiger partial charge in [0.05, 0.1) is 29.4 Å². The molecule has 9 nitrogen and oxygen atoms in total. The Bertz CT molecular complexity index is 1460. The Morgan fingerprint density at radius 2 is 1.92 bits per heavy atom. The first kappa shape index (κ1) is 26.7. The second-order valence-corrected chi connectivity index (χ2v) is 9.01. The predicted octanol–water partition coefficient (Wildman–Crippen LogP) is 3.97. The van der Waals surface area contributed by atoms with Crippen molar-refractivity contribution in [3.05, 3.63) is 87.0 Å². The molecule has 3 aromatic rings. The molecule has 1 unspecified atom stereocenters. The second-order valence-electron chi connectivity index (χ2n) is 9.01. The van der Waals surface area contributed by atoms with E-state index in [9.17, 15) is 28.0 Å². The Kier molecular flexibility index (Phi) is 7.41. The molecular formula is C26H25F3N6O3. The quantitative estimate of drug-likeness (QED) is 0.367. The summed E-state index contributed by atoms with van der Waals surface area (Å²) >= 11 is 0. The van der Waals surface area contributed by atoms with Gasteiger partial charge >= 0.3 is 17.8 Å². The molecule has 1 aromatic heterocycles. The first-order valence-electron chi connectivity index (χ1n) is 11.7.